The van der Waals surface area contributed by atoms with Crippen molar-refractivity contribution in [3.05, 3.63) is 69.2 Å². The number of urea groups is 1. The Morgan fingerprint density at radius 2 is 1.81 bits per heavy atom. The Labute approximate surface area is 253 Å². The number of carbonyl (C=O) groups excluding carboxylic acids is 3. The topological polar surface area (TPSA) is 128 Å². The highest BCUT2D eigenvalue weighted by Gasteiger charge is 2.35. The van der Waals surface area contributed by atoms with E-state index in [9.17, 15) is 22.8 Å². The molecule has 3 heterocycles. The van der Waals surface area contributed by atoms with Crippen LogP contribution >= 0.6 is 22.9 Å². The standard InChI is InChI=1S/C29H32ClN5O5S2/c30-26-13-12-22(41-26)14-17-42(39,40)33-25-11-5-15-34(28(25)37)19-27(36)35-16-4-8-21(35)18-31-29(38)32-24-10-3-7-20-6-1-2-9-23(20)24/h1-3,6-7,9-10,12-14,17,21,25,33H,4-5,8,11,15-16,18-19H2,(H2,31,32,38)/b17-14+/t21-,25-/m0/s1. The summed E-state index contributed by atoms with van der Waals surface area (Å²) in [6, 6.07) is 15.4. The van der Waals surface area contributed by atoms with Gasteiger partial charge in [0.15, 0.2) is 0 Å². The summed E-state index contributed by atoms with van der Waals surface area (Å²) in [6.07, 6.45) is 3.87. The molecule has 0 unspecified atom stereocenters. The van der Waals surface area contributed by atoms with Gasteiger partial charge in [-0.3, -0.25) is 9.59 Å². The molecule has 2 fully saturated rings. The van der Waals surface area contributed by atoms with Crippen LogP contribution in [-0.2, 0) is 19.6 Å². The van der Waals surface area contributed by atoms with E-state index in [4.69, 9.17) is 11.6 Å². The van der Waals surface area contributed by atoms with Gasteiger partial charge in [0.2, 0.25) is 21.8 Å². The summed E-state index contributed by atoms with van der Waals surface area (Å²) in [4.78, 5) is 42.8. The number of hydrogen-bond acceptors (Lipinski definition) is 6. The molecule has 13 heteroatoms. The fourth-order valence-corrected chi connectivity index (χ4v) is 7.43. The molecule has 4 amide bonds. The number of nitrogens with zero attached hydrogens (tertiary/aromatic N) is 2. The predicted octanol–water partition coefficient (Wildman–Crippen LogP) is 4.25. The molecule has 10 nitrogen and oxygen atoms in total. The number of nitrogens with one attached hydrogen (secondary N) is 3. The first-order valence-electron chi connectivity index (χ1n) is 13.8. The zero-order chi connectivity index (χ0) is 29.7. The zero-order valence-electron chi connectivity index (χ0n) is 22.8. The minimum atomic E-state index is -3.89. The van der Waals surface area contributed by atoms with Gasteiger partial charge in [0.1, 0.15) is 6.04 Å². The van der Waals surface area contributed by atoms with Crippen molar-refractivity contribution in [2.75, 3.05) is 31.5 Å². The molecular weight excluding hydrogens is 598 g/mol. The number of anilines is 1. The second-order valence-electron chi connectivity index (χ2n) is 10.3. The van der Waals surface area contributed by atoms with Crippen molar-refractivity contribution >= 4 is 73.3 Å². The summed E-state index contributed by atoms with van der Waals surface area (Å²) in [5.74, 6) is -0.644. The third-order valence-corrected chi connectivity index (χ3v) is 9.71. The highest BCUT2D eigenvalue weighted by molar-refractivity contribution is 7.92. The van der Waals surface area contributed by atoms with Crippen LogP contribution in [0, 0.1) is 0 Å². The molecule has 5 rings (SSSR count). The Morgan fingerprint density at radius 1 is 1.02 bits per heavy atom. The Hall–Kier alpha value is -3.45. The lowest BCUT2D eigenvalue weighted by Gasteiger charge is -2.34. The van der Waals surface area contributed by atoms with Gasteiger partial charge in [-0.15, -0.1) is 11.3 Å². The number of piperidine rings is 1. The van der Waals surface area contributed by atoms with Gasteiger partial charge >= 0.3 is 6.03 Å². The minimum absolute atomic E-state index is 0.140. The van der Waals surface area contributed by atoms with E-state index in [0.717, 1.165) is 29.0 Å². The summed E-state index contributed by atoms with van der Waals surface area (Å²) < 4.78 is 28.2. The number of amides is 4. The third kappa shape index (κ3) is 7.49. The second-order valence-corrected chi connectivity index (χ2v) is 13.7. The van der Waals surface area contributed by atoms with E-state index in [0.29, 0.717) is 40.8 Å². The molecule has 2 aliphatic heterocycles. The summed E-state index contributed by atoms with van der Waals surface area (Å²) in [5.41, 5.74) is 0.699. The van der Waals surface area contributed by atoms with Crippen LogP contribution in [0.2, 0.25) is 4.34 Å². The number of fused-ring (bicyclic) bond motifs is 1. The van der Waals surface area contributed by atoms with Gasteiger partial charge in [-0.1, -0.05) is 48.0 Å². The predicted molar refractivity (Wildman–Crippen MR) is 166 cm³/mol. The molecule has 2 aliphatic rings. The van der Waals surface area contributed by atoms with Gasteiger partial charge in [0.25, 0.3) is 0 Å². The first-order chi connectivity index (χ1) is 20.2. The third-order valence-electron chi connectivity index (χ3n) is 7.40. The van der Waals surface area contributed by atoms with Crippen LogP contribution in [0.3, 0.4) is 0 Å². The van der Waals surface area contributed by atoms with Gasteiger partial charge in [-0.2, -0.15) is 4.72 Å². The lowest BCUT2D eigenvalue weighted by atomic mass is 10.1. The van der Waals surface area contributed by atoms with Crippen molar-refractivity contribution in [2.45, 2.75) is 37.8 Å². The molecule has 222 valence electrons. The van der Waals surface area contributed by atoms with Gasteiger partial charge in [0, 0.05) is 41.3 Å². The Balaban J connectivity index is 1.13. The summed E-state index contributed by atoms with van der Waals surface area (Å²) in [7, 11) is -3.89. The van der Waals surface area contributed by atoms with E-state index in [2.05, 4.69) is 15.4 Å². The van der Waals surface area contributed by atoms with E-state index < -0.39 is 22.0 Å². The normalized spacial score (nSPS) is 19.5. The maximum absolute atomic E-state index is 13.2. The molecule has 2 atom stereocenters. The van der Waals surface area contributed by atoms with Gasteiger partial charge in [0.05, 0.1) is 16.6 Å². The van der Waals surface area contributed by atoms with Crippen LogP contribution in [0.4, 0.5) is 10.5 Å². The van der Waals surface area contributed by atoms with Crippen molar-refractivity contribution < 1.29 is 22.8 Å². The fraction of sp³-hybridized carbons (Fsp3) is 0.345. The van der Waals surface area contributed by atoms with Crippen molar-refractivity contribution in [2.24, 2.45) is 0 Å². The van der Waals surface area contributed by atoms with Crippen LogP contribution in [0.5, 0.6) is 0 Å². The number of benzene rings is 2. The van der Waals surface area contributed by atoms with Crippen LogP contribution < -0.4 is 15.4 Å². The smallest absolute Gasteiger partial charge is 0.319 e. The number of halogens is 1. The maximum Gasteiger partial charge on any atom is 0.319 e. The molecule has 2 aromatic carbocycles. The molecule has 3 N–H and O–H groups in total. The van der Waals surface area contributed by atoms with Crippen LogP contribution in [-0.4, -0.2) is 74.3 Å². The van der Waals surface area contributed by atoms with Gasteiger partial charge in [-0.25, -0.2) is 13.2 Å². The Kier molecular flexibility index (Phi) is 9.47. The number of carbonyl (C=O) groups is 3. The lowest BCUT2D eigenvalue weighted by molar-refractivity contribution is -0.143. The minimum Gasteiger partial charge on any atom is -0.336 e. The average Bonchev–Trinajstić information content (AvgIpc) is 3.62. The summed E-state index contributed by atoms with van der Waals surface area (Å²) in [6.45, 7) is 1.04. The summed E-state index contributed by atoms with van der Waals surface area (Å²) >= 11 is 7.14. The van der Waals surface area contributed by atoms with E-state index in [-0.39, 0.29) is 31.1 Å². The molecule has 0 saturated carbocycles. The van der Waals surface area contributed by atoms with Gasteiger partial charge < -0.3 is 20.4 Å². The number of likely N-dealkylation sites (tertiary alicyclic amines) is 2. The van der Waals surface area contributed by atoms with Crippen LogP contribution in [0.15, 0.2) is 60.0 Å². The lowest BCUT2D eigenvalue weighted by Crippen LogP contribution is -2.55. The summed E-state index contributed by atoms with van der Waals surface area (Å²) in [5, 5.41) is 8.74. The van der Waals surface area contributed by atoms with E-state index in [1.54, 1.807) is 17.0 Å². The van der Waals surface area contributed by atoms with Crippen molar-refractivity contribution in [3.63, 3.8) is 0 Å². The van der Waals surface area contributed by atoms with Crippen molar-refractivity contribution in [1.29, 1.82) is 0 Å². The molecule has 0 spiro atoms. The maximum atomic E-state index is 13.2. The van der Waals surface area contributed by atoms with Crippen LogP contribution in [0.25, 0.3) is 16.8 Å². The SMILES string of the molecule is O=C(NC[C@@H]1CCCN1C(=O)CN1CCC[C@H](NS(=O)(=O)/C=C/c2ccc(Cl)s2)C1=O)Nc1cccc2ccccc12. The fourth-order valence-electron chi connectivity index (χ4n) is 5.36. The molecule has 3 aromatic rings. The molecule has 0 radical (unpaired) electrons. The van der Waals surface area contributed by atoms with Crippen molar-refractivity contribution in [3.8, 4) is 0 Å². The molecule has 1 aromatic heterocycles. The number of rotatable bonds is 9. The van der Waals surface area contributed by atoms with Gasteiger partial charge in [-0.05, 0) is 55.3 Å². The Bertz CT molecular complexity index is 1600. The Morgan fingerprint density at radius 3 is 2.62 bits per heavy atom. The molecule has 0 aliphatic carbocycles. The first kappa shape index (κ1) is 30.0. The monoisotopic (exact) mass is 629 g/mol. The number of hydrogen-bond donors (Lipinski definition) is 3. The zero-order valence-corrected chi connectivity index (χ0v) is 25.2. The van der Waals surface area contributed by atoms with E-state index in [1.165, 1.54) is 22.3 Å². The number of sulfonamides is 1. The molecule has 2 saturated heterocycles. The second kappa shape index (κ2) is 13.2. The largest absolute Gasteiger partial charge is 0.336 e. The van der Waals surface area contributed by atoms with Crippen molar-refractivity contribution in [1.82, 2.24) is 19.8 Å². The molecular formula is C29H32ClN5O5S2. The number of thiophene rings is 1. The highest BCUT2D eigenvalue weighted by Crippen LogP contribution is 2.24. The molecule has 42 heavy (non-hydrogen) atoms. The van der Waals surface area contributed by atoms with E-state index >= 15 is 0 Å². The van der Waals surface area contributed by atoms with Crippen LogP contribution in [0.1, 0.15) is 30.6 Å². The average molecular weight is 630 g/mol. The first-order valence-corrected chi connectivity index (χ1v) is 16.5. The highest BCUT2D eigenvalue weighted by atomic mass is 35.5. The van der Waals surface area contributed by atoms with E-state index in [1.807, 2.05) is 42.5 Å². The quantitative estimate of drug-likeness (QED) is 0.326. The molecule has 0 bridgehead atoms.